The molecule has 5 nitrogen and oxygen atoms in total. The van der Waals surface area contributed by atoms with Crippen molar-refractivity contribution in [1.29, 1.82) is 0 Å². The van der Waals surface area contributed by atoms with Gasteiger partial charge in [-0.2, -0.15) is 0 Å². The van der Waals surface area contributed by atoms with Gasteiger partial charge in [-0.05, 0) is 11.4 Å². The number of hydrogen-bond acceptors (Lipinski definition) is 5. The molecular weight excluding hydrogens is 252 g/mol. The van der Waals surface area contributed by atoms with E-state index >= 15 is 0 Å². The highest BCUT2D eigenvalue weighted by molar-refractivity contribution is 7.10. The van der Waals surface area contributed by atoms with E-state index in [1.54, 1.807) is 11.3 Å². The molecule has 98 valence electrons. The second kappa shape index (κ2) is 5.97. The van der Waals surface area contributed by atoms with E-state index < -0.39 is 0 Å². The number of thiophene rings is 1. The minimum atomic E-state index is -0.275. The highest BCUT2D eigenvalue weighted by Crippen LogP contribution is 2.27. The molecule has 1 amide bonds. The molecule has 2 rings (SSSR count). The number of hydrogen-bond donors (Lipinski definition) is 1. The van der Waals surface area contributed by atoms with Crippen LogP contribution in [-0.2, 0) is 14.3 Å². The summed E-state index contributed by atoms with van der Waals surface area (Å²) in [5.74, 6) is -0.237. The lowest BCUT2D eigenvalue weighted by atomic mass is 10.1. The SMILES string of the molecule is COC(=O)CCN1CCNC(=O)[C@H]1c1cccs1. The van der Waals surface area contributed by atoms with Crippen LogP contribution in [0.5, 0.6) is 0 Å². The fourth-order valence-electron chi connectivity index (χ4n) is 2.05. The van der Waals surface area contributed by atoms with Gasteiger partial charge in [0.15, 0.2) is 0 Å². The van der Waals surface area contributed by atoms with Crippen LogP contribution in [0.2, 0.25) is 0 Å². The fraction of sp³-hybridized carbons (Fsp3) is 0.500. The Balaban J connectivity index is 2.06. The Hall–Kier alpha value is -1.40. The first-order chi connectivity index (χ1) is 8.72. The summed E-state index contributed by atoms with van der Waals surface area (Å²) in [6, 6.07) is 3.61. The third-order valence-electron chi connectivity index (χ3n) is 2.96. The van der Waals surface area contributed by atoms with Gasteiger partial charge in [0, 0.05) is 24.5 Å². The number of methoxy groups -OCH3 is 1. The Kier molecular flexibility index (Phi) is 4.33. The van der Waals surface area contributed by atoms with Gasteiger partial charge in [-0.1, -0.05) is 6.07 Å². The lowest BCUT2D eigenvalue weighted by molar-refractivity contribution is -0.142. The number of ether oxygens (including phenoxy) is 1. The number of carbonyl (C=O) groups is 2. The standard InChI is InChI=1S/C12H16N2O3S/c1-17-10(15)4-6-14-7-5-13-12(16)11(14)9-3-2-8-18-9/h2-3,8,11H,4-7H2,1H3,(H,13,16)/t11-/m1/s1. The Morgan fingerprint density at radius 1 is 1.67 bits per heavy atom. The average Bonchev–Trinajstić information content (AvgIpc) is 2.89. The molecule has 1 atom stereocenters. The summed E-state index contributed by atoms with van der Waals surface area (Å²) in [7, 11) is 1.38. The predicted molar refractivity (Wildman–Crippen MR) is 68.3 cm³/mol. The molecule has 0 bridgehead atoms. The van der Waals surface area contributed by atoms with E-state index in [1.807, 2.05) is 22.4 Å². The number of esters is 1. The van der Waals surface area contributed by atoms with Crippen molar-refractivity contribution in [1.82, 2.24) is 10.2 Å². The first-order valence-corrected chi connectivity index (χ1v) is 6.72. The smallest absolute Gasteiger partial charge is 0.306 e. The van der Waals surface area contributed by atoms with Crippen molar-refractivity contribution in [3.8, 4) is 0 Å². The number of nitrogens with one attached hydrogen (secondary N) is 1. The molecule has 1 aliphatic rings. The van der Waals surface area contributed by atoms with Gasteiger partial charge < -0.3 is 10.1 Å². The molecule has 1 saturated heterocycles. The molecule has 1 aliphatic heterocycles. The molecule has 2 heterocycles. The maximum atomic E-state index is 12.0. The quantitative estimate of drug-likeness (QED) is 0.820. The summed E-state index contributed by atoms with van der Waals surface area (Å²) in [4.78, 5) is 26.2. The average molecular weight is 268 g/mol. The van der Waals surface area contributed by atoms with E-state index in [1.165, 1.54) is 7.11 Å². The van der Waals surface area contributed by atoms with Crippen molar-refractivity contribution < 1.29 is 14.3 Å². The minimum Gasteiger partial charge on any atom is -0.469 e. The topological polar surface area (TPSA) is 58.6 Å². The summed E-state index contributed by atoms with van der Waals surface area (Å²) in [5, 5.41) is 4.82. The van der Waals surface area contributed by atoms with Crippen LogP contribution in [0.15, 0.2) is 17.5 Å². The van der Waals surface area contributed by atoms with Gasteiger partial charge >= 0.3 is 5.97 Å². The van der Waals surface area contributed by atoms with Gasteiger partial charge in [0.2, 0.25) is 5.91 Å². The van der Waals surface area contributed by atoms with Crippen LogP contribution in [-0.4, -0.2) is 43.5 Å². The summed E-state index contributed by atoms with van der Waals surface area (Å²) < 4.78 is 4.63. The Morgan fingerprint density at radius 2 is 2.50 bits per heavy atom. The first-order valence-electron chi connectivity index (χ1n) is 5.84. The third kappa shape index (κ3) is 2.88. The van der Waals surface area contributed by atoms with Crippen molar-refractivity contribution in [3.63, 3.8) is 0 Å². The summed E-state index contributed by atoms with van der Waals surface area (Å²) in [6.45, 7) is 1.93. The lowest BCUT2D eigenvalue weighted by Crippen LogP contribution is -2.50. The summed E-state index contributed by atoms with van der Waals surface area (Å²) in [5.41, 5.74) is 0. The molecule has 18 heavy (non-hydrogen) atoms. The number of amides is 1. The van der Waals surface area contributed by atoms with Crippen LogP contribution >= 0.6 is 11.3 Å². The largest absolute Gasteiger partial charge is 0.469 e. The Bertz CT molecular complexity index is 419. The van der Waals surface area contributed by atoms with Crippen molar-refractivity contribution >= 4 is 23.2 Å². The predicted octanol–water partition coefficient (Wildman–Crippen LogP) is 0.784. The Morgan fingerprint density at radius 3 is 3.17 bits per heavy atom. The molecule has 0 saturated carbocycles. The highest BCUT2D eigenvalue weighted by Gasteiger charge is 2.31. The van der Waals surface area contributed by atoms with Crippen molar-refractivity contribution in [2.75, 3.05) is 26.7 Å². The van der Waals surface area contributed by atoms with Gasteiger partial charge in [-0.25, -0.2) is 0 Å². The van der Waals surface area contributed by atoms with E-state index in [2.05, 4.69) is 10.1 Å². The Labute approximate surface area is 110 Å². The van der Waals surface area contributed by atoms with Gasteiger partial charge in [0.25, 0.3) is 0 Å². The van der Waals surface area contributed by atoms with Crippen LogP contribution < -0.4 is 5.32 Å². The second-order valence-electron chi connectivity index (χ2n) is 4.07. The van der Waals surface area contributed by atoms with Crippen LogP contribution in [0, 0.1) is 0 Å². The zero-order valence-corrected chi connectivity index (χ0v) is 11.0. The monoisotopic (exact) mass is 268 g/mol. The van der Waals surface area contributed by atoms with Crippen LogP contribution in [0.3, 0.4) is 0 Å². The van der Waals surface area contributed by atoms with Crippen molar-refractivity contribution in [3.05, 3.63) is 22.4 Å². The number of nitrogens with zero attached hydrogens (tertiary/aromatic N) is 1. The van der Waals surface area contributed by atoms with E-state index in [0.29, 0.717) is 19.5 Å². The summed E-state index contributed by atoms with van der Waals surface area (Å²) >= 11 is 1.56. The van der Waals surface area contributed by atoms with E-state index in [0.717, 1.165) is 11.4 Å². The molecule has 1 N–H and O–H groups in total. The number of rotatable bonds is 4. The molecule has 0 unspecified atom stereocenters. The first kappa shape index (κ1) is 13.0. The maximum absolute atomic E-state index is 12.0. The summed E-state index contributed by atoms with van der Waals surface area (Å²) in [6.07, 6.45) is 0.311. The van der Waals surface area contributed by atoms with Gasteiger partial charge in [0.05, 0.1) is 13.5 Å². The zero-order valence-electron chi connectivity index (χ0n) is 10.2. The normalized spacial score (nSPS) is 20.5. The minimum absolute atomic E-state index is 0.00793. The van der Waals surface area contributed by atoms with Gasteiger partial charge in [-0.15, -0.1) is 11.3 Å². The zero-order chi connectivity index (χ0) is 13.0. The van der Waals surface area contributed by atoms with Gasteiger partial charge in [0.1, 0.15) is 6.04 Å². The number of carbonyl (C=O) groups excluding carboxylic acids is 2. The molecule has 0 aromatic carbocycles. The number of piperazine rings is 1. The van der Waals surface area contributed by atoms with E-state index in [4.69, 9.17) is 0 Å². The molecule has 0 spiro atoms. The molecule has 0 radical (unpaired) electrons. The van der Waals surface area contributed by atoms with Gasteiger partial charge in [-0.3, -0.25) is 14.5 Å². The molecule has 1 aromatic heterocycles. The van der Waals surface area contributed by atoms with Crippen LogP contribution in [0.4, 0.5) is 0 Å². The van der Waals surface area contributed by atoms with Crippen LogP contribution in [0.1, 0.15) is 17.3 Å². The van der Waals surface area contributed by atoms with E-state index in [-0.39, 0.29) is 17.9 Å². The van der Waals surface area contributed by atoms with Crippen LogP contribution in [0.25, 0.3) is 0 Å². The second-order valence-corrected chi connectivity index (χ2v) is 5.05. The molecule has 1 fully saturated rings. The van der Waals surface area contributed by atoms with Crippen molar-refractivity contribution in [2.45, 2.75) is 12.5 Å². The molecular formula is C12H16N2O3S. The molecule has 1 aromatic rings. The maximum Gasteiger partial charge on any atom is 0.306 e. The highest BCUT2D eigenvalue weighted by atomic mass is 32.1. The van der Waals surface area contributed by atoms with E-state index in [9.17, 15) is 9.59 Å². The third-order valence-corrected chi connectivity index (χ3v) is 3.88. The van der Waals surface area contributed by atoms with Crippen molar-refractivity contribution in [2.24, 2.45) is 0 Å². The molecule has 6 heteroatoms. The molecule has 0 aliphatic carbocycles. The fourth-order valence-corrected chi connectivity index (χ4v) is 2.90. The lowest BCUT2D eigenvalue weighted by Gasteiger charge is -2.34.